The van der Waals surface area contributed by atoms with E-state index in [0.29, 0.717) is 31.9 Å². The van der Waals surface area contributed by atoms with Crippen molar-refractivity contribution < 1.29 is 9.18 Å². The maximum atomic E-state index is 13.9. The molecule has 5 heteroatoms. The molecule has 0 unspecified atom stereocenters. The predicted octanol–water partition coefficient (Wildman–Crippen LogP) is 3.20. The Bertz CT molecular complexity index is 754. The van der Waals surface area contributed by atoms with Gasteiger partial charge in [0.2, 0.25) is 5.91 Å². The number of carbonyl (C=O) groups is 1. The summed E-state index contributed by atoms with van der Waals surface area (Å²) in [6, 6.07) is 12.9. The molecule has 0 spiro atoms. The van der Waals surface area contributed by atoms with Crippen LogP contribution in [0.5, 0.6) is 0 Å². The number of nitrogens with zero attached hydrogens (tertiary/aromatic N) is 2. The second kappa shape index (κ2) is 7.55. The lowest BCUT2D eigenvalue weighted by Crippen LogP contribution is -2.50. The maximum absolute atomic E-state index is 13.9. The van der Waals surface area contributed by atoms with Crippen LogP contribution >= 0.6 is 0 Å². The van der Waals surface area contributed by atoms with E-state index in [1.54, 1.807) is 12.1 Å². The van der Waals surface area contributed by atoms with Gasteiger partial charge in [-0.3, -0.25) is 4.79 Å². The van der Waals surface area contributed by atoms with Crippen LogP contribution in [0.25, 0.3) is 0 Å². The van der Waals surface area contributed by atoms with Crippen molar-refractivity contribution in [3.05, 3.63) is 59.4 Å². The van der Waals surface area contributed by atoms with E-state index < -0.39 is 0 Å². The summed E-state index contributed by atoms with van der Waals surface area (Å²) in [6.45, 7) is 6.93. The Morgan fingerprint density at radius 1 is 1.04 bits per heavy atom. The molecular weight excluding hydrogens is 317 g/mol. The molecular formula is C20H24FN3O. The van der Waals surface area contributed by atoms with Crippen LogP contribution in [0.3, 0.4) is 0 Å². The van der Waals surface area contributed by atoms with E-state index in [1.807, 2.05) is 21.9 Å². The van der Waals surface area contributed by atoms with Crippen LogP contribution in [0, 0.1) is 19.7 Å². The van der Waals surface area contributed by atoms with Gasteiger partial charge < -0.3 is 15.1 Å². The van der Waals surface area contributed by atoms with Gasteiger partial charge in [-0.05, 0) is 49.2 Å². The molecule has 0 saturated carbocycles. The molecule has 1 amide bonds. The number of aryl methyl sites for hydroxylation is 2. The molecule has 1 N–H and O–H groups in total. The highest BCUT2D eigenvalue weighted by Gasteiger charge is 2.22. The third-order valence-corrected chi connectivity index (χ3v) is 4.78. The zero-order chi connectivity index (χ0) is 17.8. The lowest BCUT2D eigenvalue weighted by atomic mass is 10.1. The Morgan fingerprint density at radius 3 is 2.44 bits per heavy atom. The molecule has 2 aromatic carbocycles. The van der Waals surface area contributed by atoms with Crippen LogP contribution in [-0.2, 0) is 4.79 Å². The average molecular weight is 341 g/mol. The van der Waals surface area contributed by atoms with Crippen LogP contribution in [0.4, 0.5) is 15.8 Å². The lowest BCUT2D eigenvalue weighted by Gasteiger charge is -2.36. The van der Waals surface area contributed by atoms with E-state index >= 15 is 0 Å². The van der Waals surface area contributed by atoms with Gasteiger partial charge in [-0.1, -0.05) is 18.2 Å². The number of nitrogens with one attached hydrogen (secondary N) is 1. The van der Waals surface area contributed by atoms with Crippen molar-refractivity contribution in [1.29, 1.82) is 0 Å². The minimum Gasteiger partial charge on any atom is -0.376 e. The molecule has 132 valence electrons. The van der Waals surface area contributed by atoms with Crippen molar-refractivity contribution >= 4 is 17.3 Å². The third-order valence-electron chi connectivity index (χ3n) is 4.78. The summed E-state index contributed by atoms with van der Waals surface area (Å²) in [7, 11) is 0. The van der Waals surface area contributed by atoms with E-state index in [0.717, 1.165) is 5.69 Å². The summed E-state index contributed by atoms with van der Waals surface area (Å²) in [6.07, 6.45) is 0. The first-order valence-electron chi connectivity index (χ1n) is 8.63. The fourth-order valence-electron chi connectivity index (χ4n) is 3.05. The van der Waals surface area contributed by atoms with Gasteiger partial charge in [0.15, 0.2) is 0 Å². The summed E-state index contributed by atoms with van der Waals surface area (Å²) in [4.78, 5) is 16.2. The number of amides is 1. The number of halogens is 1. The minimum absolute atomic E-state index is 0.0754. The highest BCUT2D eigenvalue weighted by atomic mass is 19.1. The molecule has 1 aliphatic rings. The van der Waals surface area contributed by atoms with Gasteiger partial charge in [0.25, 0.3) is 0 Å². The molecule has 1 fully saturated rings. The Morgan fingerprint density at radius 2 is 1.76 bits per heavy atom. The topological polar surface area (TPSA) is 35.6 Å². The Labute approximate surface area is 148 Å². The molecule has 0 aromatic heterocycles. The van der Waals surface area contributed by atoms with Crippen LogP contribution in [0.2, 0.25) is 0 Å². The molecule has 0 bridgehead atoms. The normalized spacial score (nSPS) is 14.5. The van der Waals surface area contributed by atoms with Gasteiger partial charge in [0, 0.05) is 31.9 Å². The van der Waals surface area contributed by atoms with E-state index in [2.05, 4.69) is 31.3 Å². The van der Waals surface area contributed by atoms with Gasteiger partial charge in [-0.2, -0.15) is 0 Å². The van der Waals surface area contributed by atoms with E-state index in [4.69, 9.17) is 0 Å². The molecule has 3 rings (SSSR count). The van der Waals surface area contributed by atoms with Crippen molar-refractivity contribution in [2.24, 2.45) is 0 Å². The minimum atomic E-state index is -0.210. The average Bonchev–Trinajstić information content (AvgIpc) is 2.63. The van der Waals surface area contributed by atoms with Gasteiger partial charge in [-0.25, -0.2) is 4.39 Å². The molecule has 0 atom stereocenters. The van der Waals surface area contributed by atoms with Crippen molar-refractivity contribution in [2.75, 3.05) is 42.9 Å². The van der Waals surface area contributed by atoms with Gasteiger partial charge in [0.1, 0.15) is 5.82 Å². The number of para-hydroxylation sites is 1. The van der Waals surface area contributed by atoms with Crippen LogP contribution in [-0.4, -0.2) is 43.5 Å². The van der Waals surface area contributed by atoms with Gasteiger partial charge in [-0.15, -0.1) is 0 Å². The summed E-state index contributed by atoms with van der Waals surface area (Å²) in [5.41, 5.74) is 4.02. The van der Waals surface area contributed by atoms with Gasteiger partial charge in [0.05, 0.1) is 12.2 Å². The summed E-state index contributed by atoms with van der Waals surface area (Å²) >= 11 is 0. The Kier molecular flexibility index (Phi) is 5.22. The van der Waals surface area contributed by atoms with E-state index in [9.17, 15) is 9.18 Å². The number of rotatable bonds is 4. The molecule has 1 saturated heterocycles. The van der Waals surface area contributed by atoms with E-state index in [1.165, 1.54) is 17.2 Å². The van der Waals surface area contributed by atoms with Crippen molar-refractivity contribution in [3.63, 3.8) is 0 Å². The van der Waals surface area contributed by atoms with Crippen LogP contribution in [0.1, 0.15) is 11.1 Å². The highest BCUT2D eigenvalue weighted by molar-refractivity contribution is 5.81. The Hall–Kier alpha value is -2.56. The largest absolute Gasteiger partial charge is 0.376 e. The SMILES string of the molecule is Cc1ccc(NCC(=O)N2CCN(c3ccccc3F)CC2)cc1C. The zero-order valence-electron chi connectivity index (χ0n) is 14.8. The molecule has 25 heavy (non-hydrogen) atoms. The standard InChI is InChI=1S/C20H24FN3O/c1-15-7-8-17(13-16(15)2)22-14-20(25)24-11-9-23(10-12-24)19-6-4-3-5-18(19)21/h3-8,13,22H,9-12,14H2,1-2H3. The monoisotopic (exact) mass is 341 g/mol. The molecule has 1 aliphatic heterocycles. The number of piperazine rings is 1. The van der Waals surface area contributed by atoms with Crippen molar-refractivity contribution in [1.82, 2.24) is 4.90 Å². The van der Waals surface area contributed by atoms with Crippen molar-refractivity contribution in [3.8, 4) is 0 Å². The zero-order valence-corrected chi connectivity index (χ0v) is 14.8. The molecule has 0 radical (unpaired) electrons. The summed E-state index contributed by atoms with van der Waals surface area (Å²) in [5, 5.41) is 3.20. The number of benzene rings is 2. The van der Waals surface area contributed by atoms with Crippen LogP contribution < -0.4 is 10.2 Å². The molecule has 0 aliphatic carbocycles. The van der Waals surface area contributed by atoms with Gasteiger partial charge >= 0.3 is 0 Å². The number of carbonyl (C=O) groups excluding carboxylic acids is 1. The summed E-state index contributed by atoms with van der Waals surface area (Å²) < 4.78 is 13.9. The Balaban J connectivity index is 1.51. The maximum Gasteiger partial charge on any atom is 0.241 e. The smallest absolute Gasteiger partial charge is 0.241 e. The second-order valence-electron chi connectivity index (χ2n) is 6.47. The molecule has 4 nitrogen and oxygen atoms in total. The first kappa shape index (κ1) is 17.3. The lowest BCUT2D eigenvalue weighted by molar-refractivity contribution is -0.129. The summed E-state index contributed by atoms with van der Waals surface area (Å²) in [5.74, 6) is -0.134. The number of hydrogen-bond donors (Lipinski definition) is 1. The van der Waals surface area contributed by atoms with Crippen LogP contribution in [0.15, 0.2) is 42.5 Å². The second-order valence-corrected chi connectivity index (χ2v) is 6.47. The fraction of sp³-hybridized carbons (Fsp3) is 0.350. The fourth-order valence-corrected chi connectivity index (χ4v) is 3.05. The third kappa shape index (κ3) is 4.10. The van der Waals surface area contributed by atoms with Crippen molar-refractivity contribution in [2.45, 2.75) is 13.8 Å². The quantitative estimate of drug-likeness (QED) is 0.928. The molecule has 1 heterocycles. The highest BCUT2D eigenvalue weighted by Crippen LogP contribution is 2.20. The first-order valence-corrected chi connectivity index (χ1v) is 8.63. The van der Waals surface area contributed by atoms with E-state index in [-0.39, 0.29) is 18.3 Å². The number of anilines is 2. The molecule has 2 aromatic rings. The predicted molar refractivity (Wildman–Crippen MR) is 99.6 cm³/mol. The number of hydrogen-bond acceptors (Lipinski definition) is 3. The first-order chi connectivity index (χ1) is 12.0.